The Morgan fingerprint density at radius 3 is 2.42 bits per heavy atom. The SMILES string of the molecule is O=C(NC(CN1C(=O)COC1=O)c1ccccc1)c1ccc2noc(-c3ccccc3)c2c1. The molecule has 3 amide bonds. The number of rotatable bonds is 6. The lowest BCUT2D eigenvalue weighted by Crippen LogP contribution is -2.40. The van der Waals surface area contributed by atoms with Crippen LogP contribution in [-0.4, -0.2) is 41.1 Å². The molecule has 1 aliphatic heterocycles. The van der Waals surface area contributed by atoms with Gasteiger partial charge in [-0.05, 0) is 23.8 Å². The molecule has 1 unspecified atom stereocenters. The molecule has 8 nitrogen and oxygen atoms in total. The minimum absolute atomic E-state index is 0.0296. The molecular formula is C25H19N3O5. The number of ether oxygens (including phenoxy) is 1. The average Bonchev–Trinajstić information content (AvgIpc) is 3.42. The van der Waals surface area contributed by atoms with Crippen molar-refractivity contribution in [3.8, 4) is 11.3 Å². The number of fused-ring (bicyclic) bond motifs is 1. The smallest absolute Gasteiger partial charge is 0.417 e. The van der Waals surface area contributed by atoms with Crippen LogP contribution >= 0.6 is 0 Å². The summed E-state index contributed by atoms with van der Waals surface area (Å²) in [4.78, 5) is 38.2. The molecule has 1 aliphatic rings. The fourth-order valence-electron chi connectivity index (χ4n) is 3.78. The summed E-state index contributed by atoms with van der Waals surface area (Å²) < 4.78 is 10.3. The zero-order valence-corrected chi connectivity index (χ0v) is 17.4. The van der Waals surface area contributed by atoms with E-state index in [1.165, 1.54) is 0 Å². The number of cyclic esters (lactones) is 1. The van der Waals surface area contributed by atoms with Gasteiger partial charge in [-0.3, -0.25) is 9.59 Å². The number of hydrogen-bond donors (Lipinski definition) is 1. The lowest BCUT2D eigenvalue weighted by molar-refractivity contribution is -0.126. The molecule has 0 spiro atoms. The fourth-order valence-corrected chi connectivity index (χ4v) is 3.78. The van der Waals surface area contributed by atoms with Crippen LogP contribution in [0.2, 0.25) is 0 Å². The Morgan fingerprint density at radius 1 is 1.00 bits per heavy atom. The van der Waals surface area contributed by atoms with E-state index in [0.29, 0.717) is 22.2 Å². The van der Waals surface area contributed by atoms with E-state index >= 15 is 0 Å². The van der Waals surface area contributed by atoms with Gasteiger partial charge in [0, 0.05) is 11.1 Å². The lowest BCUT2D eigenvalue weighted by atomic mass is 10.0. The number of imide groups is 1. The standard InChI is InChI=1S/C25H19N3O5/c29-22-15-32-25(31)28(22)14-21(16-7-3-1-4-8-16)26-24(30)18-11-12-20-19(13-18)23(33-27-20)17-9-5-2-6-10-17/h1-13,21H,14-15H2,(H,26,30). The molecule has 2 heterocycles. The molecule has 1 saturated heterocycles. The first kappa shape index (κ1) is 20.4. The van der Waals surface area contributed by atoms with Crippen molar-refractivity contribution in [1.29, 1.82) is 0 Å². The van der Waals surface area contributed by atoms with Gasteiger partial charge in [-0.2, -0.15) is 0 Å². The van der Waals surface area contributed by atoms with Crippen molar-refractivity contribution < 1.29 is 23.6 Å². The van der Waals surface area contributed by atoms with Crippen molar-refractivity contribution in [1.82, 2.24) is 15.4 Å². The summed E-state index contributed by atoms with van der Waals surface area (Å²) in [6.45, 7) is -0.321. The molecule has 3 aromatic carbocycles. The minimum atomic E-state index is -0.714. The maximum atomic E-state index is 13.2. The van der Waals surface area contributed by atoms with Crippen LogP contribution in [0.25, 0.3) is 22.2 Å². The Kier molecular flexibility index (Phi) is 5.32. The molecule has 0 saturated carbocycles. The number of carbonyl (C=O) groups is 3. The summed E-state index contributed by atoms with van der Waals surface area (Å²) in [5.41, 5.74) is 2.65. The van der Waals surface area contributed by atoms with E-state index in [1.54, 1.807) is 18.2 Å². The largest absolute Gasteiger partial charge is 0.439 e. The Balaban J connectivity index is 1.44. The molecule has 1 aromatic heterocycles. The maximum Gasteiger partial charge on any atom is 0.417 e. The molecule has 0 aliphatic carbocycles. The molecule has 33 heavy (non-hydrogen) atoms. The number of benzene rings is 3. The summed E-state index contributed by atoms with van der Waals surface area (Å²) >= 11 is 0. The highest BCUT2D eigenvalue weighted by atomic mass is 16.6. The van der Waals surface area contributed by atoms with Gasteiger partial charge < -0.3 is 14.6 Å². The predicted octanol–water partition coefficient (Wildman–Crippen LogP) is 3.94. The quantitative estimate of drug-likeness (QED) is 0.486. The van der Waals surface area contributed by atoms with E-state index in [-0.39, 0.29) is 19.1 Å². The number of hydrogen-bond acceptors (Lipinski definition) is 6. The van der Waals surface area contributed by atoms with Crippen LogP contribution in [0.1, 0.15) is 22.0 Å². The van der Waals surface area contributed by atoms with Gasteiger partial charge in [-0.25, -0.2) is 9.69 Å². The Morgan fingerprint density at radius 2 is 1.73 bits per heavy atom. The van der Waals surface area contributed by atoms with Gasteiger partial charge in [0.15, 0.2) is 12.4 Å². The number of aromatic nitrogens is 1. The van der Waals surface area contributed by atoms with Crippen LogP contribution in [0.15, 0.2) is 83.4 Å². The maximum absolute atomic E-state index is 13.2. The third-order valence-electron chi connectivity index (χ3n) is 5.49. The van der Waals surface area contributed by atoms with E-state index < -0.39 is 18.0 Å². The van der Waals surface area contributed by atoms with E-state index in [0.717, 1.165) is 16.0 Å². The predicted molar refractivity (Wildman–Crippen MR) is 119 cm³/mol. The second-order valence-corrected chi connectivity index (χ2v) is 7.61. The third-order valence-corrected chi connectivity index (χ3v) is 5.49. The average molecular weight is 441 g/mol. The highest BCUT2D eigenvalue weighted by Crippen LogP contribution is 2.29. The molecule has 0 radical (unpaired) electrons. The van der Waals surface area contributed by atoms with Crippen LogP contribution < -0.4 is 5.32 Å². The van der Waals surface area contributed by atoms with E-state index in [2.05, 4.69) is 10.5 Å². The van der Waals surface area contributed by atoms with Gasteiger partial charge in [0.1, 0.15) is 5.52 Å². The first-order chi connectivity index (χ1) is 16.1. The Hall–Kier alpha value is -4.46. The summed E-state index contributed by atoms with van der Waals surface area (Å²) in [7, 11) is 0. The van der Waals surface area contributed by atoms with Crippen molar-refractivity contribution >= 4 is 28.8 Å². The Bertz CT molecular complexity index is 1320. The highest BCUT2D eigenvalue weighted by molar-refractivity contribution is 6.01. The second kappa shape index (κ2) is 8.58. The number of amides is 3. The number of carbonyl (C=O) groups excluding carboxylic acids is 3. The van der Waals surface area contributed by atoms with E-state index in [4.69, 9.17) is 9.26 Å². The summed E-state index contributed by atoms with van der Waals surface area (Å²) in [5.74, 6) is -0.218. The summed E-state index contributed by atoms with van der Waals surface area (Å²) in [5, 5.41) is 7.74. The van der Waals surface area contributed by atoms with Crippen LogP contribution in [0.4, 0.5) is 4.79 Å². The van der Waals surface area contributed by atoms with Crippen molar-refractivity contribution in [3.63, 3.8) is 0 Å². The van der Waals surface area contributed by atoms with Gasteiger partial charge in [0.25, 0.3) is 11.8 Å². The van der Waals surface area contributed by atoms with Gasteiger partial charge in [0.05, 0.1) is 18.0 Å². The minimum Gasteiger partial charge on any atom is -0.439 e. The molecule has 0 bridgehead atoms. The zero-order chi connectivity index (χ0) is 22.8. The fraction of sp³-hybridized carbons (Fsp3) is 0.120. The van der Waals surface area contributed by atoms with Gasteiger partial charge in [-0.15, -0.1) is 0 Å². The van der Waals surface area contributed by atoms with Gasteiger partial charge >= 0.3 is 6.09 Å². The molecule has 1 fully saturated rings. The van der Waals surface area contributed by atoms with Crippen LogP contribution in [0, 0.1) is 0 Å². The van der Waals surface area contributed by atoms with Crippen LogP contribution in [-0.2, 0) is 9.53 Å². The molecule has 1 N–H and O–H groups in total. The number of nitrogens with one attached hydrogen (secondary N) is 1. The van der Waals surface area contributed by atoms with Crippen molar-refractivity contribution in [2.45, 2.75) is 6.04 Å². The second-order valence-electron chi connectivity index (χ2n) is 7.61. The van der Waals surface area contributed by atoms with E-state index in [9.17, 15) is 14.4 Å². The van der Waals surface area contributed by atoms with Gasteiger partial charge in [0.2, 0.25) is 0 Å². The third kappa shape index (κ3) is 4.06. The van der Waals surface area contributed by atoms with Crippen molar-refractivity contribution in [3.05, 3.63) is 90.0 Å². The number of nitrogens with zero attached hydrogens (tertiary/aromatic N) is 2. The van der Waals surface area contributed by atoms with Crippen molar-refractivity contribution in [2.75, 3.05) is 13.2 Å². The first-order valence-corrected chi connectivity index (χ1v) is 10.4. The topological polar surface area (TPSA) is 102 Å². The molecule has 8 heteroatoms. The monoisotopic (exact) mass is 441 g/mol. The molecule has 5 rings (SSSR count). The normalized spacial score (nSPS) is 14.4. The van der Waals surface area contributed by atoms with Crippen molar-refractivity contribution in [2.24, 2.45) is 0 Å². The zero-order valence-electron chi connectivity index (χ0n) is 17.4. The van der Waals surface area contributed by atoms with E-state index in [1.807, 2.05) is 60.7 Å². The molecule has 1 atom stereocenters. The molecular weight excluding hydrogens is 422 g/mol. The summed E-state index contributed by atoms with van der Waals surface area (Å²) in [6, 6.07) is 23.2. The highest BCUT2D eigenvalue weighted by Gasteiger charge is 2.34. The first-order valence-electron chi connectivity index (χ1n) is 10.4. The van der Waals surface area contributed by atoms with Crippen LogP contribution in [0.3, 0.4) is 0 Å². The Labute approximate surface area is 188 Å². The lowest BCUT2D eigenvalue weighted by Gasteiger charge is -2.23. The van der Waals surface area contributed by atoms with Crippen LogP contribution in [0.5, 0.6) is 0 Å². The molecule has 164 valence electrons. The summed E-state index contributed by atoms with van der Waals surface area (Å²) in [6.07, 6.45) is -0.714. The molecule has 4 aromatic rings. The van der Waals surface area contributed by atoms with Gasteiger partial charge in [-0.1, -0.05) is 65.8 Å².